The molecule has 1 aromatic heterocycles. The molecule has 2 fully saturated rings. The number of nitrogens with zero attached hydrogens (tertiary/aromatic N) is 3. The molecule has 2 aromatic rings. The number of carbonyl (C=O) groups is 2. The molecule has 2 heterocycles. The van der Waals surface area contributed by atoms with E-state index in [0.29, 0.717) is 0 Å². The van der Waals surface area contributed by atoms with Gasteiger partial charge in [-0.3, -0.25) is 9.59 Å². The second-order valence-corrected chi connectivity index (χ2v) is 7.32. The lowest BCUT2D eigenvalue weighted by Gasteiger charge is -2.13. The van der Waals surface area contributed by atoms with E-state index in [2.05, 4.69) is 17.3 Å². The van der Waals surface area contributed by atoms with Crippen molar-refractivity contribution in [1.82, 2.24) is 9.58 Å². The Morgan fingerprint density at radius 2 is 1.69 bits per heavy atom. The lowest BCUT2D eigenvalue weighted by molar-refractivity contribution is -0.140. The summed E-state index contributed by atoms with van der Waals surface area (Å²) in [5, 5.41) is 5.38. The minimum atomic E-state index is -0.210. The third-order valence-corrected chi connectivity index (χ3v) is 5.91. The number of aryl methyl sites for hydroxylation is 1. The molecule has 2 bridgehead atoms. The van der Waals surface area contributed by atoms with E-state index in [0.717, 1.165) is 28.4 Å². The zero-order valence-corrected chi connectivity index (χ0v) is 14.4. The second-order valence-electron chi connectivity index (χ2n) is 7.32. The van der Waals surface area contributed by atoms with Gasteiger partial charge in [-0.25, -0.2) is 0 Å². The van der Waals surface area contributed by atoms with Crippen molar-refractivity contribution in [1.29, 1.82) is 0 Å². The Hall–Kier alpha value is -2.95. The van der Waals surface area contributed by atoms with Gasteiger partial charge in [0.25, 0.3) is 11.8 Å². The molecule has 5 heteroatoms. The summed E-state index contributed by atoms with van der Waals surface area (Å²) in [4.78, 5) is 25.4. The summed E-state index contributed by atoms with van der Waals surface area (Å²) >= 11 is 0. The zero-order valence-electron chi connectivity index (χ0n) is 14.4. The van der Waals surface area contributed by atoms with Gasteiger partial charge < -0.3 is 4.57 Å². The summed E-state index contributed by atoms with van der Waals surface area (Å²) in [5.41, 5.74) is 3.03. The summed E-state index contributed by atoms with van der Waals surface area (Å²) in [6.07, 6.45) is 8.68. The fourth-order valence-electron chi connectivity index (χ4n) is 4.67. The molecule has 1 aromatic carbocycles. The Labute approximate surface area is 151 Å². The predicted octanol–water partition coefficient (Wildman–Crippen LogP) is 2.93. The van der Waals surface area contributed by atoms with Crippen LogP contribution in [0, 0.1) is 30.6 Å². The molecule has 5 nitrogen and oxygen atoms in total. The molecule has 2 aliphatic carbocycles. The van der Waals surface area contributed by atoms with Gasteiger partial charge in [0.05, 0.1) is 23.7 Å². The van der Waals surface area contributed by atoms with E-state index in [9.17, 15) is 9.59 Å². The molecule has 0 radical (unpaired) electrons. The summed E-state index contributed by atoms with van der Waals surface area (Å²) in [5.74, 6) is -0.310. The molecule has 130 valence electrons. The third-order valence-electron chi connectivity index (χ3n) is 5.91. The topological polar surface area (TPSA) is 54.7 Å². The van der Waals surface area contributed by atoms with Crippen LogP contribution in [-0.4, -0.2) is 27.6 Å². The molecular formula is C21H19N3O2. The minimum absolute atomic E-state index is 0.151. The van der Waals surface area contributed by atoms with Crippen molar-refractivity contribution in [3.63, 3.8) is 0 Å². The molecule has 0 spiro atoms. The molecule has 0 unspecified atom stereocenters. The summed E-state index contributed by atoms with van der Waals surface area (Å²) in [6.45, 7) is 2.05. The molecule has 4 atom stereocenters. The van der Waals surface area contributed by atoms with Crippen LogP contribution < -0.4 is 0 Å². The van der Waals surface area contributed by atoms with Crippen LogP contribution in [0.2, 0.25) is 0 Å². The Bertz CT molecular complexity index is 941. The van der Waals surface area contributed by atoms with Crippen LogP contribution >= 0.6 is 0 Å². The van der Waals surface area contributed by atoms with Crippen molar-refractivity contribution in [2.45, 2.75) is 13.3 Å². The summed E-state index contributed by atoms with van der Waals surface area (Å²) in [7, 11) is 0. The van der Waals surface area contributed by atoms with Crippen LogP contribution in [0.5, 0.6) is 0 Å². The highest BCUT2D eigenvalue weighted by Gasteiger charge is 2.59. The molecule has 1 saturated heterocycles. The van der Waals surface area contributed by atoms with Gasteiger partial charge in [0.1, 0.15) is 0 Å². The van der Waals surface area contributed by atoms with Crippen molar-refractivity contribution >= 4 is 18.0 Å². The van der Waals surface area contributed by atoms with Gasteiger partial charge in [0.2, 0.25) is 0 Å². The maximum absolute atomic E-state index is 12.7. The summed E-state index contributed by atoms with van der Waals surface area (Å²) in [6, 6.07) is 11.9. The first kappa shape index (κ1) is 15.3. The number of benzene rings is 1. The lowest BCUT2D eigenvalue weighted by Crippen LogP contribution is -2.28. The Morgan fingerprint density at radius 1 is 1.00 bits per heavy atom. The Balaban J connectivity index is 1.44. The van der Waals surface area contributed by atoms with Crippen molar-refractivity contribution < 1.29 is 9.59 Å². The Kier molecular flexibility index (Phi) is 3.26. The average Bonchev–Trinajstić information content (AvgIpc) is 3.39. The first-order chi connectivity index (χ1) is 12.6. The van der Waals surface area contributed by atoms with Gasteiger partial charge in [-0.2, -0.15) is 10.1 Å². The van der Waals surface area contributed by atoms with Gasteiger partial charge in [0, 0.05) is 11.9 Å². The molecule has 26 heavy (non-hydrogen) atoms. The normalized spacial score (nSPS) is 29.3. The number of para-hydroxylation sites is 1. The van der Waals surface area contributed by atoms with Gasteiger partial charge >= 0.3 is 0 Å². The fourth-order valence-corrected chi connectivity index (χ4v) is 4.67. The van der Waals surface area contributed by atoms with Gasteiger partial charge in [-0.1, -0.05) is 30.4 Å². The standard InChI is InChI=1S/C21H19N3O2/c1-13-5-2-3-7-17(13)23-10-4-6-16(23)12-22-24-20(25)18-14-8-9-15(11-14)19(18)21(24)26/h2-10,12,14-15,18-19H,11H2,1H3/t14-,15-,18-,19+/m0/s1. The number of allylic oxidation sites excluding steroid dienone is 2. The molecule has 1 aliphatic heterocycles. The van der Waals surface area contributed by atoms with E-state index in [1.165, 1.54) is 0 Å². The number of hydrogen-bond donors (Lipinski definition) is 0. The van der Waals surface area contributed by atoms with Crippen LogP contribution in [0.25, 0.3) is 5.69 Å². The number of hydrogen-bond acceptors (Lipinski definition) is 3. The van der Waals surface area contributed by atoms with Crippen LogP contribution in [0.15, 0.2) is 59.8 Å². The number of rotatable bonds is 3. The molecule has 3 aliphatic rings. The largest absolute Gasteiger partial charge is 0.315 e. The number of amides is 2. The van der Waals surface area contributed by atoms with E-state index in [-0.39, 0.29) is 35.5 Å². The van der Waals surface area contributed by atoms with Crippen LogP contribution in [0.4, 0.5) is 0 Å². The van der Waals surface area contributed by atoms with Crippen molar-refractivity contribution in [2.75, 3.05) is 0 Å². The van der Waals surface area contributed by atoms with Gasteiger partial charge in [-0.05, 0) is 48.9 Å². The van der Waals surface area contributed by atoms with E-state index in [1.807, 2.05) is 54.1 Å². The van der Waals surface area contributed by atoms with Crippen LogP contribution in [-0.2, 0) is 9.59 Å². The number of hydrazone groups is 1. The highest BCUT2D eigenvalue weighted by Crippen LogP contribution is 2.52. The lowest BCUT2D eigenvalue weighted by atomic mass is 9.85. The highest BCUT2D eigenvalue weighted by molar-refractivity contribution is 6.06. The van der Waals surface area contributed by atoms with Gasteiger partial charge in [-0.15, -0.1) is 0 Å². The fraction of sp³-hybridized carbons (Fsp3) is 0.286. The number of aromatic nitrogens is 1. The second kappa shape index (κ2) is 5.53. The minimum Gasteiger partial charge on any atom is -0.315 e. The SMILES string of the molecule is Cc1ccccc1-n1cccc1C=NN1C(=O)[C@@H]2[C@H](C1=O)[C@H]1C=C[C@H]2C1. The van der Waals surface area contributed by atoms with Crippen molar-refractivity contribution in [2.24, 2.45) is 28.8 Å². The van der Waals surface area contributed by atoms with Crippen LogP contribution in [0.1, 0.15) is 17.7 Å². The maximum atomic E-state index is 12.7. The highest BCUT2D eigenvalue weighted by atomic mass is 16.2. The quantitative estimate of drug-likeness (QED) is 0.488. The maximum Gasteiger partial charge on any atom is 0.254 e. The van der Waals surface area contributed by atoms with E-state index < -0.39 is 0 Å². The first-order valence-electron chi connectivity index (χ1n) is 8.98. The van der Waals surface area contributed by atoms with Crippen molar-refractivity contribution in [3.05, 3.63) is 66.0 Å². The van der Waals surface area contributed by atoms with E-state index in [4.69, 9.17) is 0 Å². The zero-order chi connectivity index (χ0) is 17.8. The molecule has 5 rings (SSSR count). The predicted molar refractivity (Wildman–Crippen MR) is 97.7 cm³/mol. The van der Waals surface area contributed by atoms with E-state index in [1.54, 1.807) is 6.21 Å². The number of carbonyl (C=O) groups excluding carboxylic acids is 2. The average molecular weight is 345 g/mol. The Morgan fingerprint density at radius 3 is 2.38 bits per heavy atom. The van der Waals surface area contributed by atoms with Crippen LogP contribution in [0.3, 0.4) is 0 Å². The monoisotopic (exact) mass is 345 g/mol. The molecule has 1 saturated carbocycles. The molecular weight excluding hydrogens is 326 g/mol. The molecule has 2 amide bonds. The molecule has 0 N–H and O–H groups in total. The smallest absolute Gasteiger partial charge is 0.254 e. The summed E-state index contributed by atoms with van der Waals surface area (Å²) < 4.78 is 2.01. The third kappa shape index (κ3) is 2.06. The van der Waals surface area contributed by atoms with Crippen molar-refractivity contribution in [3.8, 4) is 5.69 Å². The first-order valence-corrected chi connectivity index (χ1v) is 8.98. The van der Waals surface area contributed by atoms with Gasteiger partial charge in [0.15, 0.2) is 0 Å². The van der Waals surface area contributed by atoms with E-state index >= 15 is 0 Å². The number of imide groups is 1. The number of fused-ring (bicyclic) bond motifs is 5.